The van der Waals surface area contributed by atoms with Crippen LogP contribution in [0.2, 0.25) is 0 Å². The predicted molar refractivity (Wildman–Crippen MR) is 125 cm³/mol. The molecule has 2 aliphatic heterocycles. The first-order valence-corrected chi connectivity index (χ1v) is 12.3. The molecule has 32 heavy (non-hydrogen) atoms. The molecule has 2 saturated heterocycles. The lowest BCUT2D eigenvalue weighted by molar-refractivity contribution is -0.145. The van der Waals surface area contributed by atoms with Crippen LogP contribution < -0.4 is 5.32 Å². The summed E-state index contributed by atoms with van der Waals surface area (Å²) in [5.74, 6) is 0.230. The average molecular weight is 439 g/mol. The van der Waals surface area contributed by atoms with Gasteiger partial charge in [0.25, 0.3) is 0 Å². The first kappa shape index (κ1) is 21.9. The molecule has 5 rings (SSSR count). The van der Waals surface area contributed by atoms with Crippen molar-refractivity contribution in [3.8, 4) is 0 Å². The number of likely N-dealkylation sites (N-methyl/N-ethyl adjacent to an activating group) is 1. The van der Waals surface area contributed by atoms with E-state index in [0.717, 1.165) is 70.4 Å². The molecule has 0 bridgehead atoms. The zero-order chi connectivity index (χ0) is 22.7. The number of nitrogens with zero attached hydrogens (tertiary/aromatic N) is 3. The van der Waals surface area contributed by atoms with Gasteiger partial charge >= 0.3 is 0 Å². The fraction of sp³-hybridized carbons (Fsp3) is 0.692. The third-order valence-electron chi connectivity index (χ3n) is 8.36. The van der Waals surface area contributed by atoms with Crippen LogP contribution in [0.4, 0.5) is 0 Å². The number of aryl methyl sites for hydroxylation is 2. The lowest BCUT2D eigenvalue weighted by Gasteiger charge is -2.40. The minimum atomic E-state index is -0.348. The summed E-state index contributed by atoms with van der Waals surface area (Å²) in [5.41, 5.74) is 3.39. The Labute approximate surface area is 192 Å². The van der Waals surface area contributed by atoms with Crippen molar-refractivity contribution in [2.45, 2.75) is 70.5 Å². The van der Waals surface area contributed by atoms with E-state index in [2.05, 4.69) is 54.2 Å². The number of benzene rings is 1. The highest BCUT2D eigenvalue weighted by atomic mass is 16.2. The molecule has 6 nitrogen and oxygen atoms in total. The van der Waals surface area contributed by atoms with Crippen molar-refractivity contribution in [3.63, 3.8) is 0 Å². The number of hydrogen-bond donors (Lipinski definition) is 1. The quantitative estimate of drug-likeness (QED) is 0.768. The molecule has 174 valence electrons. The summed E-state index contributed by atoms with van der Waals surface area (Å²) in [4.78, 5) is 34.1. The maximum atomic E-state index is 13.9. The summed E-state index contributed by atoms with van der Waals surface area (Å²) in [7, 11) is 2.15. The van der Waals surface area contributed by atoms with Crippen molar-refractivity contribution in [2.24, 2.45) is 5.41 Å². The van der Waals surface area contributed by atoms with Gasteiger partial charge in [-0.15, -0.1) is 0 Å². The molecular weight excluding hydrogens is 400 g/mol. The number of carbonyl (C=O) groups excluding carboxylic acids is 2. The Bertz CT molecular complexity index is 892. The van der Waals surface area contributed by atoms with Crippen LogP contribution in [0.3, 0.4) is 0 Å². The van der Waals surface area contributed by atoms with Gasteiger partial charge in [-0.1, -0.05) is 29.3 Å². The van der Waals surface area contributed by atoms with Crippen LogP contribution >= 0.6 is 0 Å². The largest absolute Gasteiger partial charge is 0.348 e. The highest BCUT2D eigenvalue weighted by Crippen LogP contribution is 2.56. The molecule has 0 radical (unpaired) electrons. The second kappa shape index (κ2) is 7.84. The van der Waals surface area contributed by atoms with Crippen molar-refractivity contribution in [1.29, 1.82) is 0 Å². The summed E-state index contributed by atoms with van der Waals surface area (Å²) < 4.78 is 0. The predicted octanol–water partition coefficient (Wildman–Crippen LogP) is 2.64. The average Bonchev–Trinajstić information content (AvgIpc) is 3.65. The highest BCUT2D eigenvalue weighted by molar-refractivity contribution is 5.95. The van der Waals surface area contributed by atoms with Crippen LogP contribution in [-0.4, -0.2) is 77.9 Å². The van der Waals surface area contributed by atoms with E-state index in [9.17, 15) is 9.59 Å². The number of hydrogen-bond acceptors (Lipinski definition) is 4. The molecular formula is C26H38N4O2. The van der Waals surface area contributed by atoms with Crippen LogP contribution in [0.15, 0.2) is 18.2 Å². The minimum absolute atomic E-state index is 0.0166. The Morgan fingerprint density at radius 2 is 1.62 bits per heavy atom. The summed E-state index contributed by atoms with van der Waals surface area (Å²) in [6, 6.07) is 6.04. The first-order valence-electron chi connectivity index (χ1n) is 12.3. The van der Waals surface area contributed by atoms with E-state index in [0.29, 0.717) is 0 Å². The molecule has 1 aromatic carbocycles. The molecule has 1 spiro atoms. The van der Waals surface area contributed by atoms with Crippen LogP contribution in [0, 0.1) is 19.3 Å². The lowest BCUT2D eigenvalue weighted by Crippen LogP contribution is -2.58. The fourth-order valence-electron chi connectivity index (χ4n) is 5.98. The highest BCUT2D eigenvalue weighted by Gasteiger charge is 2.62. The van der Waals surface area contributed by atoms with E-state index in [1.165, 1.54) is 11.1 Å². The molecule has 6 heteroatoms. The van der Waals surface area contributed by atoms with Crippen molar-refractivity contribution < 1.29 is 9.59 Å². The summed E-state index contributed by atoms with van der Waals surface area (Å²) in [5, 5.41) is 3.25. The normalized spacial score (nSPS) is 27.4. The molecule has 4 fully saturated rings. The van der Waals surface area contributed by atoms with Gasteiger partial charge in [0.2, 0.25) is 11.8 Å². The van der Waals surface area contributed by atoms with Gasteiger partial charge in [0.15, 0.2) is 0 Å². The molecule has 2 amide bonds. The standard InChI is InChI=1S/C26H38N4O2/c1-18-13-19(2)15-21(14-18)20(3)27-23(31)22-16-25(5-6-25)17-30(22)24(32)26(7-8-26)29-11-9-28(4)10-12-29/h13-15,20,22H,5-12,16-17H2,1-4H3,(H,27,31)/t20-,22-/m1/s1. The van der Waals surface area contributed by atoms with Gasteiger partial charge in [0, 0.05) is 32.7 Å². The van der Waals surface area contributed by atoms with Crippen molar-refractivity contribution in [1.82, 2.24) is 20.0 Å². The Morgan fingerprint density at radius 3 is 2.19 bits per heavy atom. The molecule has 2 saturated carbocycles. The lowest BCUT2D eigenvalue weighted by atomic mass is 10.0. The number of piperazine rings is 1. The first-order chi connectivity index (χ1) is 15.2. The zero-order valence-corrected chi connectivity index (χ0v) is 20.1. The molecule has 4 aliphatic rings. The maximum Gasteiger partial charge on any atom is 0.243 e. The monoisotopic (exact) mass is 438 g/mol. The van der Waals surface area contributed by atoms with Crippen molar-refractivity contribution in [3.05, 3.63) is 34.9 Å². The van der Waals surface area contributed by atoms with Gasteiger partial charge in [-0.05, 0) is 70.9 Å². The number of amides is 2. The van der Waals surface area contributed by atoms with Gasteiger partial charge in [0.1, 0.15) is 11.6 Å². The van der Waals surface area contributed by atoms with Gasteiger partial charge in [-0.3, -0.25) is 14.5 Å². The molecule has 2 heterocycles. The number of rotatable bonds is 5. The third kappa shape index (κ3) is 3.96. The van der Waals surface area contributed by atoms with E-state index in [4.69, 9.17) is 0 Å². The van der Waals surface area contributed by atoms with Crippen LogP contribution in [-0.2, 0) is 9.59 Å². The third-order valence-corrected chi connectivity index (χ3v) is 8.36. The SMILES string of the molecule is Cc1cc(C)cc([C@@H](C)NC(=O)[C@H]2CC3(CC3)CN2C(=O)C2(N3CCN(C)CC3)CC2)c1. The van der Waals surface area contributed by atoms with Crippen LogP contribution in [0.25, 0.3) is 0 Å². The van der Waals surface area contributed by atoms with E-state index >= 15 is 0 Å². The Morgan fingerprint density at radius 1 is 1.00 bits per heavy atom. The minimum Gasteiger partial charge on any atom is -0.348 e. The molecule has 1 aromatic rings. The molecule has 2 atom stereocenters. The maximum absolute atomic E-state index is 13.9. The second-order valence-corrected chi connectivity index (χ2v) is 11.1. The second-order valence-electron chi connectivity index (χ2n) is 11.1. The number of carbonyl (C=O) groups is 2. The van der Waals surface area contributed by atoms with E-state index in [1.54, 1.807) is 0 Å². The van der Waals surface area contributed by atoms with Crippen molar-refractivity contribution >= 4 is 11.8 Å². The number of likely N-dealkylation sites (tertiary alicyclic amines) is 1. The smallest absolute Gasteiger partial charge is 0.243 e. The Kier molecular flexibility index (Phi) is 5.37. The van der Waals surface area contributed by atoms with Gasteiger partial charge in [0.05, 0.1) is 6.04 Å². The van der Waals surface area contributed by atoms with E-state index < -0.39 is 0 Å². The van der Waals surface area contributed by atoms with Crippen LogP contribution in [0.1, 0.15) is 61.8 Å². The fourth-order valence-corrected chi connectivity index (χ4v) is 5.98. The summed E-state index contributed by atoms with van der Waals surface area (Å²) in [6.07, 6.45) is 4.99. The molecule has 0 aromatic heterocycles. The van der Waals surface area contributed by atoms with E-state index in [-0.39, 0.29) is 34.9 Å². The molecule has 1 N–H and O–H groups in total. The van der Waals surface area contributed by atoms with Crippen molar-refractivity contribution in [2.75, 3.05) is 39.8 Å². The summed E-state index contributed by atoms with van der Waals surface area (Å²) >= 11 is 0. The van der Waals surface area contributed by atoms with Gasteiger partial charge in [-0.2, -0.15) is 0 Å². The zero-order valence-electron chi connectivity index (χ0n) is 20.1. The topological polar surface area (TPSA) is 55.9 Å². The Balaban J connectivity index is 1.31. The van der Waals surface area contributed by atoms with E-state index in [1.807, 2.05) is 11.8 Å². The molecule has 2 aliphatic carbocycles. The summed E-state index contributed by atoms with van der Waals surface area (Å²) in [6.45, 7) is 10.9. The van der Waals surface area contributed by atoms with Crippen LogP contribution in [0.5, 0.6) is 0 Å². The number of nitrogens with one attached hydrogen (secondary N) is 1. The van der Waals surface area contributed by atoms with Gasteiger partial charge < -0.3 is 15.1 Å². The Hall–Kier alpha value is -1.92. The molecule has 0 unspecified atom stereocenters. The van der Waals surface area contributed by atoms with Gasteiger partial charge in [-0.25, -0.2) is 0 Å².